The van der Waals surface area contributed by atoms with Gasteiger partial charge in [0.05, 0.1) is 0 Å². The molecule has 3 rings (SSSR count). The summed E-state index contributed by atoms with van der Waals surface area (Å²) in [5, 5.41) is 9.46. The van der Waals surface area contributed by atoms with Crippen LogP contribution in [0.25, 0.3) is 0 Å². The number of hydrogen-bond donors (Lipinski definition) is 1. The average molecular weight is 345 g/mol. The molecule has 0 amide bonds. The molecule has 3 nitrogen and oxygen atoms in total. The lowest BCUT2D eigenvalue weighted by Gasteiger charge is -2.41. The molecular weight excluding hydrogens is 316 g/mol. The molecule has 1 aliphatic rings. The maximum Gasteiger partial charge on any atom is 0.0446 e. The van der Waals surface area contributed by atoms with Gasteiger partial charge in [-0.1, -0.05) is 30.3 Å². The van der Waals surface area contributed by atoms with Gasteiger partial charge >= 0.3 is 0 Å². The Morgan fingerprint density at radius 1 is 1.12 bits per heavy atom. The Balaban J connectivity index is 1.54. The Hall–Kier alpha value is -1.20. The fraction of sp³-hybridized carbons (Fsp3) is 0.500. The molecule has 1 saturated heterocycles. The summed E-state index contributed by atoms with van der Waals surface area (Å²) in [5.41, 5.74) is 1.40. The highest BCUT2D eigenvalue weighted by Crippen LogP contribution is 2.20. The number of benzene rings is 1. The Morgan fingerprint density at radius 2 is 1.96 bits per heavy atom. The summed E-state index contributed by atoms with van der Waals surface area (Å²) in [4.78, 5) is 7.95. The van der Waals surface area contributed by atoms with Crippen LogP contribution in [0.3, 0.4) is 0 Å². The molecule has 1 N–H and O–H groups in total. The van der Waals surface area contributed by atoms with E-state index in [1.165, 1.54) is 15.3 Å². The Bertz CT molecular complexity index is 613. The molecule has 4 heteroatoms. The first kappa shape index (κ1) is 17.6. The first-order valence-corrected chi connectivity index (χ1v) is 9.73. The predicted molar refractivity (Wildman–Crippen MR) is 102 cm³/mol. The van der Waals surface area contributed by atoms with Gasteiger partial charge in [-0.15, -0.1) is 11.3 Å². The van der Waals surface area contributed by atoms with Gasteiger partial charge in [0.25, 0.3) is 0 Å². The minimum atomic E-state index is 0.276. The maximum absolute atomic E-state index is 9.46. The highest BCUT2D eigenvalue weighted by atomic mass is 32.1. The van der Waals surface area contributed by atoms with E-state index >= 15 is 0 Å². The summed E-state index contributed by atoms with van der Waals surface area (Å²) in [6, 6.07) is 15.6. The first-order chi connectivity index (χ1) is 11.7. The van der Waals surface area contributed by atoms with Gasteiger partial charge in [0.1, 0.15) is 0 Å². The molecular formula is C20H28N2OS. The number of thiophene rings is 1. The normalized spacial score (nSPS) is 19.7. The van der Waals surface area contributed by atoms with Gasteiger partial charge in [-0.2, -0.15) is 0 Å². The third-order valence-corrected chi connectivity index (χ3v) is 5.84. The van der Waals surface area contributed by atoms with E-state index in [0.29, 0.717) is 6.04 Å². The minimum absolute atomic E-state index is 0.276. The topological polar surface area (TPSA) is 26.7 Å². The van der Waals surface area contributed by atoms with Crippen LogP contribution in [0.5, 0.6) is 0 Å². The van der Waals surface area contributed by atoms with Gasteiger partial charge in [-0.25, -0.2) is 0 Å². The molecule has 1 fully saturated rings. The van der Waals surface area contributed by atoms with Crippen molar-refractivity contribution >= 4 is 11.3 Å². The van der Waals surface area contributed by atoms with Crippen molar-refractivity contribution in [1.29, 1.82) is 0 Å². The number of nitrogens with zero attached hydrogens (tertiary/aromatic N) is 2. The summed E-state index contributed by atoms with van der Waals surface area (Å²) in [6.45, 7) is 7.86. The minimum Gasteiger partial charge on any atom is -0.396 e. The van der Waals surface area contributed by atoms with Crippen LogP contribution in [0.15, 0.2) is 42.5 Å². The smallest absolute Gasteiger partial charge is 0.0446 e. The molecule has 0 aliphatic carbocycles. The van der Waals surface area contributed by atoms with Crippen molar-refractivity contribution in [2.75, 3.05) is 32.8 Å². The molecule has 0 saturated carbocycles. The van der Waals surface area contributed by atoms with Crippen LogP contribution in [0, 0.1) is 6.92 Å². The van der Waals surface area contributed by atoms with Crippen molar-refractivity contribution in [3.05, 3.63) is 57.8 Å². The second kappa shape index (κ2) is 8.77. The third kappa shape index (κ3) is 4.90. The Morgan fingerprint density at radius 3 is 2.67 bits per heavy atom. The van der Waals surface area contributed by atoms with Crippen molar-refractivity contribution in [3.8, 4) is 0 Å². The number of hydrogen-bond acceptors (Lipinski definition) is 4. The van der Waals surface area contributed by atoms with E-state index in [9.17, 15) is 5.11 Å². The molecule has 130 valence electrons. The Labute approximate surface area is 149 Å². The second-order valence-corrected chi connectivity index (χ2v) is 8.06. The zero-order valence-electron chi connectivity index (χ0n) is 14.5. The summed E-state index contributed by atoms with van der Waals surface area (Å²) >= 11 is 1.90. The molecule has 0 radical (unpaired) electrons. The van der Waals surface area contributed by atoms with Gasteiger partial charge in [0.2, 0.25) is 0 Å². The number of rotatable bonds is 7. The van der Waals surface area contributed by atoms with Crippen LogP contribution in [0.4, 0.5) is 0 Å². The van der Waals surface area contributed by atoms with E-state index in [2.05, 4.69) is 59.2 Å². The standard InChI is InChI=1S/C20H28N2OS/c1-17-7-8-20(24-17)16-21-12-13-22(19(15-21)10-14-23)11-9-18-5-3-2-4-6-18/h2-8,19,23H,9-16H2,1H3. The van der Waals surface area contributed by atoms with E-state index in [-0.39, 0.29) is 6.61 Å². The number of piperazine rings is 1. The largest absolute Gasteiger partial charge is 0.396 e. The molecule has 1 aromatic heterocycles. The van der Waals surface area contributed by atoms with Crippen molar-refractivity contribution in [1.82, 2.24) is 9.80 Å². The van der Waals surface area contributed by atoms with Crippen molar-refractivity contribution in [2.24, 2.45) is 0 Å². The second-order valence-electron chi connectivity index (χ2n) is 6.69. The summed E-state index contributed by atoms with van der Waals surface area (Å²) in [5.74, 6) is 0. The highest BCUT2D eigenvalue weighted by Gasteiger charge is 2.26. The first-order valence-electron chi connectivity index (χ1n) is 8.91. The van der Waals surface area contributed by atoms with E-state index in [1.54, 1.807) is 0 Å². The van der Waals surface area contributed by atoms with Crippen LogP contribution in [0.1, 0.15) is 21.7 Å². The average Bonchev–Trinajstić information content (AvgIpc) is 3.00. The monoisotopic (exact) mass is 344 g/mol. The molecule has 0 spiro atoms. The molecule has 0 bridgehead atoms. The van der Waals surface area contributed by atoms with Gasteiger partial charge in [-0.05, 0) is 37.5 Å². The number of aryl methyl sites for hydroxylation is 1. The lowest BCUT2D eigenvalue weighted by Crippen LogP contribution is -2.53. The van der Waals surface area contributed by atoms with Gasteiger partial charge < -0.3 is 5.11 Å². The third-order valence-electron chi connectivity index (χ3n) is 4.86. The fourth-order valence-corrected chi connectivity index (χ4v) is 4.46. The number of aliphatic hydroxyl groups is 1. The van der Waals surface area contributed by atoms with Crippen LogP contribution >= 0.6 is 11.3 Å². The molecule has 2 heterocycles. The molecule has 2 aromatic rings. The SMILES string of the molecule is Cc1ccc(CN2CCN(CCc3ccccc3)C(CCO)C2)s1. The summed E-state index contributed by atoms with van der Waals surface area (Å²) < 4.78 is 0. The van der Waals surface area contributed by atoms with E-state index in [1.807, 2.05) is 11.3 Å². The molecule has 1 atom stereocenters. The Kier molecular flexibility index (Phi) is 6.44. The highest BCUT2D eigenvalue weighted by molar-refractivity contribution is 7.11. The lowest BCUT2D eigenvalue weighted by molar-refractivity contribution is 0.0567. The molecule has 24 heavy (non-hydrogen) atoms. The lowest BCUT2D eigenvalue weighted by atomic mass is 10.1. The van der Waals surface area contributed by atoms with Crippen LogP contribution in [-0.4, -0.2) is 53.7 Å². The van der Waals surface area contributed by atoms with Crippen LogP contribution in [0.2, 0.25) is 0 Å². The van der Waals surface area contributed by atoms with E-state index in [0.717, 1.165) is 45.6 Å². The van der Waals surface area contributed by atoms with Crippen LogP contribution in [-0.2, 0) is 13.0 Å². The fourth-order valence-electron chi connectivity index (χ4n) is 3.53. The zero-order valence-corrected chi connectivity index (χ0v) is 15.3. The van der Waals surface area contributed by atoms with Gasteiger partial charge in [-0.3, -0.25) is 9.80 Å². The van der Waals surface area contributed by atoms with Crippen molar-refractivity contribution in [2.45, 2.75) is 32.4 Å². The van der Waals surface area contributed by atoms with E-state index < -0.39 is 0 Å². The summed E-state index contributed by atoms with van der Waals surface area (Å²) in [7, 11) is 0. The molecule has 1 aliphatic heterocycles. The molecule has 1 aromatic carbocycles. The van der Waals surface area contributed by atoms with Crippen molar-refractivity contribution in [3.63, 3.8) is 0 Å². The number of aliphatic hydroxyl groups excluding tert-OH is 1. The zero-order chi connectivity index (χ0) is 16.8. The van der Waals surface area contributed by atoms with E-state index in [4.69, 9.17) is 0 Å². The predicted octanol–water partition coefficient (Wildman–Crippen LogP) is 3.17. The van der Waals surface area contributed by atoms with Gasteiger partial charge in [0.15, 0.2) is 0 Å². The molecule has 1 unspecified atom stereocenters. The van der Waals surface area contributed by atoms with Crippen LogP contribution < -0.4 is 0 Å². The quantitative estimate of drug-likeness (QED) is 0.836. The van der Waals surface area contributed by atoms with Crippen molar-refractivity contribution < 1.29 is 5.11 Å². The van der Waals surface area contributed by atoms with Gasteiger partial charge in [0, 0.05) is 55.1 Å². The maximum atomic E-state index is 9.46. The summed E-state index contributed by atoms with van der Waals surface area (Å²) in [6.07, 6.45) is 1.96.